The summed E-state index contributed by atoms with van der Waals surface area (Å²) < 4.78 is 13.3. The van der Waals surface area contributed by atoms with Gasteiger partial charge in [-0.05, 0) is 24.3 Å². The van der Waals surface area contributed by atoms with Gasteiger partial charge in [0, 0.05) is 12.4 Å². The van der Waals surface area contributed by atoms with E-state index in [4.69, 9.17) is 5.11 Å². The molecule has 2 rings (SSSR count). The summed E-state index contributed by atoms with van der Waals surface area (Å²) >= 11 is 0. The van der Waals surface area contributed by atoms with Crippen LogP contribution in [0.3, 0.4) is 0 Å². The Labute approximate surface area is 106 Å². The number of nitrogens with zero attached hydrogens (tertiary/aromatic N) is 2. The number of carboxylic acid groups (broad SMARTS) is 1. The standard InChI is InChI=1S/C12H8FN3O3/c13-9-7(3-1-5-14-9)11(17)16-10-8(12(18)19)4-2-6-15-10/h1-6H,(H,18,19)(H,15,16,17). The van der Waals surface area contributed by atoms with Gasteiger partial charge in [0.1, 0.15) is 11.4 Å². The number of nitrogens with one attached hydrogen (secondary N) is 1. The number of hydrogen-bond donors (Lipinski definition) is 2. The average Bonchev–Trinajstić information content (AvgIpc) is 2.39. The Balaban J connectivity index is 2.30. The van der Waals surface area contributed by atoms with Crippen molar-refractivity contribution in [1.29, 1.82) is 0 Å². The Morgan fingerprint density at radius 1 is 1.11 bits per heavy atom. The summed E-state index contributed by atoms with van der Waals surface area (Å²) in [6.45, 7) is 0. The summed E-state index contributed by atoms with van der Waals surface area (Å²) in [5, 5.41) is 11.2. The number of pyridine rings is 2. The van der Waals surface area contributed by atoms with Crippen LogP contribution in [0, 0.1) is 5.95 Å². The maximum absolute atomic E-state index is 13.3. The highest BCUT2D eigenvalue weighted by molar-refractivity contribution is 6.06. The highest BCUT2D eigenvalue weighted by Crippen LogP contribution is 2.13. The molecule has 96 valence electrons. The van der Waals surface area contributed by atoms with E-state index in [1.54, 1.807) is 0 Å². The van der Waals surface area contributed by atoms with E-state index >= 15 is 0 Å². The van der Waals surface area contributed by atoms with Crippen LogP contribution < -0.4 is 5.32 Å². The van der Waals surface area contributed by atoms with Crippen LogP contribution in [0.1, 0.15) is 20.7 Å². The van der Waals surface area contributed by atoms with E-state index in [9.17, 15) is 14.0 Å². The number of halogens is 1. The summed E-state index contributed by atoms with van der Waals surface area (Å²) in [6.07, 6.45) is 2.53. The Kier molecular flexibility index (Phi) is 3.46. The molecule has 0 bridgehead atoms. The molecule has 7 heteroatoms. The second-order valence-electron chi connectivity index (χ2n) is 3.50. The van der Waals surface area contributed by atoms with Crippen molar-refractivity contribution in [2.24, 2.45) is 0 Å². The van der Waals surface area contributed by atoms with Crippen LogP contribution in [0.5, 0.6) is 0 Å². The molecule has 0 aliphatic heterocycles. The monoisotopic (exact) mass is 261 g/mol. The molecule has 6 nitrogen and oxygen atoms in total. The van der Waals surface area contributed by atoms with Crippen molar-refractivity contribution < 1.29 is 19.1 Å². The minimum absolute atomic E-state index is 0.150. The minimum Gasteiger partial charge on any atom is -0.478 e. The molecule has 2 aromatic rings. The first-order valence-electron chi connectivity index (χ1n) is 5.20. The van der Waals surface area contributed by atoms with Crippen LogP contribution in [0.25, 0.3) is 0 Å². The predicted octanol–water partition coefficient (Wildman–Crippen LogP) is 1.57. The second-order valence-corrected chi connectivity index (χ2v) is 3.50. The molecule has 19 heavy (non-hydrogen) atoms. The summed E-state index contributed by atoms with van der Waals surface area (Å²) in [4.78, 5) is 29.8. The lowest BCUT2D eigenvalue weighted by Crippen LogP contribution is -2.17. The zero-order chi connectivity index (χ0) is 13.8. The van der Waals surface area contributed by atoms with E-state index in [0.717, 1.165) is 0 Å². The van der Waals surface area contributed by atoms with Crippen molar-refractivity contribution in [3.63, 3.8) is 0 Å². The van der Waals surface area contributed by atoms with Crippen LogP contribution in [0.4, 0.5) is 10.2 Å². The molecule has 0 fully saturated rings. The highest BCUT2D eigenvalue weighted by Gasteiger charge is 2.16. The molecule has 1 amide bonds. The van der Waals surface area contributed by atoms with Crippen LogP contribution in [0.15, 0.2) is 36.7 Å². The number of carbonyl (C=O) groups is 2. The number of carboxylic acids is 1. The molecule has 2 N–H and O–H groups in total. The maximum Gasteiger partial charge on any atom is 0.339 e. The molecular weight excluding hydrogens is 253 g/mol. The van der Waals surface area contributed by atoms with E-state index in [0.29, 0.717) is 0 Å². The third-order valence-corrected chi connectivity index (χ3v) is 2.27. The topological polar surface area (TPSA) is 92.2 Å². The van der Waals surface area contributed by atoms with Crippen LogP contribution >= 0.6 is 0 Å². The van der Waals surface area contributed by atoms with Crippen molar-refractivity contribution in [2.45, 2.75) is 0 Å². The number of amides is 1. The SMILES string of the molecule is O=C(Nc1ncccc1C(=O)O)c1cccnc1F. The van der Waals surface area contributed by atoms with Gasteiger partial charge in [0.25, 0.3) is 5.91 Å². The van der Waals surface area contributed by atoms with Crippen molar-refractivity contribution in [2.75, 3.05) is 5.32 Å². The molecule has 2 aromatic heterocycles. The first-order valence-corrected chi connectivity index (χ1v) is 5.20. The number of aromatic nitrogens is 2. The lowest BCUT2D eigenvalue weighted by Gasteiger charge is -2.07. The van der Waals surface area contributed by atoms with Crippen molar-refractivity contribution in [3.05, 3.63) is 53.7 Å². The fraction of sp³-hybridized carbons (Fsp3) is 0. The van der Waals surface area contributed by atoms with E-state index in [2.05, 4.69) is 15.3 Å². The molecule has 0 radical (unpaired) electrons. The number of rotatable bonds is 3. The van der Waals surface area contributed by atoms with Gasteiger partial charge >= 0.3 is 5.97 Å². The Hall–Kier alpha value is -2.83. The van der Waals surface area contributed by atoms with Gasteiger partial charge in [0.2, 0.25) is 5.95 Å². The van der Waals surface area contributed by atoms with E-state index in [1.165, 1.54) is 36.7 Å². The van der Waals surface area contributed by atoms with Crippen molar-refractivity contribution >= 4 is 17.7 Å². The van der Waals surface area contributed by atoms with Gasteiger partial charge in [0.05, 0.1) is 5.56 Å². The molecular formula is C12H8FN3O3. The summed E-state index contributed by atoms with van der Waals surface area (Å²) in [5.74, 6) is -3.14. The zero-order valence-corrected chi connectivity index (χ0v) is 9.50. The second kappa shape index (κ2) is 5.21. The van der Waals surface area contributed by atoms with Crippen LogP contribution in [-0.4, -0.2) is 27.0 Å². The molecule has 2 heterocycles. The minimum atomic E-state index is -1.24. The fourth-order valence-corrected chi connectivity index (χ4v) is 1.41. The van der Waals surface area contributed by atoms with Gasteiger partial charge in [-0.2, -0.15) is 4.39 Å². The third kappa shape index (κ3) is 2.71. The van der Waals surface area contributed by atoms with Gasteiger partial charge in [-0.15, -0.1) is 0 Å². The quantitative estimate of drug-likeness (QED) is 0.818. The Morgan fingerprint density at radius 2 is 1.74 bits per heavy atom. The van der Waals surface area contributed by atoms with Gasteiger partial charge < -0.3 is 10.4 Å². The van der Waals surface area contributed by atoms with Gasteiger partial charge in [0.15, 0.2) is 0 Å². The molecule has 0 aliphatic rings. The molecule has 0 unspecified atom stereocenters. The molecule has 0 spiro atoms. The van der Waals surface area contributed by atoms with E-state index < -0.39 is 17.8 Å². The number of hydrogen-bond acceptors (Lipinski definition) is 4. The third-order valence-electron chi connectivity index (χ3n) is 2.27. The number of carbonyl (C=O) groups excluding carboxylic acids is 1. The normalized spacial score (nSPS) is 9.95. The summed E-state index contributed by atoms with van der Waals surface area (Å²) in [5.41, 5.74) is -0.468. The lowest BCUT2D eigenvalue weighted by molar-refractivity contribution is 0.0697. The zero-order valence-electron chi connectivity index (χ0n) is 9.50. The first kappa shape index (κ1) is 12.6. The van der Waals surface area contributed by atoms with Crippen LogP contribution in [-0.2, 0) is 0 Å². The average molecular weight is 261 g/mol. The molecule has 0 saturated carbocycles. The summed E-state index contributed by atoms with van der Waals surface area (Å²) in [7, 11) is 0. The van der Waals surface area contributed by atoms with E-state index in [1.807, 2.05) is 0 Å². The van der Waals surface area contributed by atoms with Gasteiger partial charge in [-0.25, -0.2) is 14.8 Å². The largest absolute Gasteiger partial charge is 0.478 e. The predicted molar refractivity (Wildman–Crippen MR) is 63.3 cm³/mol. The Morgan fingerprint density at radius 3 is 2.37 bits per heavy atom. The van der Waals surface area contributed by atoms with Crippen molar-refractivity contribution in [3.8, 4) is 0 Å². The van der Waals surface area contributed by atoms with Crippen LogP contribution in [0.2, 0.25) is 0 Å². The summed E-state index contributed by atoms with van der Waals surface area (Å²) in [6, 6.07) is 5.34. The maximum atomic E-state index is 13.3. The number of anilines is 1. The molecule has 0 aliphatic carbocycles. The molecule has 0 aromatic carbocycles. The number of aromatic carboxylic acids is 1. The molecule has 0 saturated heterocycles. The lowest BCUT2D eigenvalue weighted by atomic mass is 10.2. The highest BCUT2D eigenvalue weighted by atomic mass is 19.1. The van der Waals surface area contributed by atoms with E-state index in [-0.39, 0.29) is 16.9 Å². The van der Waals surface area contributed by atoms with Crippen molar-refractivity contribution in [1.82, 2.24) is 9.97 Å². The van der Waals surface area contributed by atoms with Gasteiger partial charge in [-0.3, -0.25) is 4.79 Å². The smallest absolute Gasteiger partial charge is 0.339 e. The fourth-order valence-electron chi connectivity index (χ4n) is 1.41. The molecule has 0 atom stereocenters. The first-order chi connectivity index (χ1) is 9.09. The Bertz CT molecular complexity index is 646. The van der Waals surface area contributed by atoms with Gasteiger partial charge in [-0.1, -0.05) is 0 Å².